The van der Waals surface area contributed by atoms with Gasteiger partial charge in [0.15, 0.2) is 5.17 Å². The number of aryl methyl sites for hydroxylation is 1. The van der Waals surface area contributed by atoms with Gasteiger partial charge in [-0.2, -0.15) is 5.10 Å². The summed E-state index contributed by atoms with van der Waals surface area (Å²) in [5.74, 6) is 1.81. The van der Waals surface area contributed by atoms with Crippen LogP contribution in [-0.4, -0.2) is 33.3 Å². The fraction of sp³-hybridized carbons (Fsp3) is 0.667. The van der Waals surface area contributed by atoms with Gasteiger partial charge in [0.25, 0.3) is 0 Å². The Hall–Kier alpha value is -0.970. The predicted octanol–water partition coefficient (Wildman–Crippen LogP) is 1.91. The Morgan fingerprint density at radius 1 is 1.65 bits per heavy atom. The second-order valence-electron chi connectivity index (χ2n) is 4.77. The lowest BCUT2D eigenvalue weighted by Crippen LogP contribution is -2.31. The fourth-order valence-corrected chi connectivity index (χ4v) is 2.93. The molecule has 17 heavy (non-hydrogen) atoms. The summed E-state index contributed by atoms with van der Waals surface area (Å²) in [7, 11) is 0. The number of aliphatic imine (C=N–C) groups is 1. The van der Waals surface area contributed by atoms with Crippen molar-refractivity contribution >= 4 is 16.9 Å². The normalized spacial score (nSPS) is 22.4. The van der Waals surface area contributed by atoms with E-state index in [1.807, 2.05) is 28.8 Å². The van der Waals surface area contributed by atoms with Crippen LogP contribution in [0.2, 0.25) is 0 Å². The lowest BCUT2D eigenvalue weighted by molar-refractivity contribution is 0.502. The van der Waals surface area contributed by atoms with E-state index >= 15 is 0 Å². The van der Waals surface area contributed by atoms with Crippen LogP contribution >= 0.6 is 11.8 Å². The molecule has 94 valence electrons. The molecule has 1 aliphatic rings. The molecule has 0 amide bonds. The molecule has 1 N–H and O–H groups in total. The number of rotatable bonds is 4. The van der Waals surface area contributed by atoms with E-state index in [-0.39, 0.29) is 0 Å². The number of nitrogens with zero attached hydrogens (tertiary/aromatic N) is 3. The van der Waals surface area contributed by atoms with Crippen molar-refractivity contribution < 1.29 is 0 Å². The van der Waals surface area contributed by atoms with Crippen molar-refractivity contribution in [2.45, 2.75) is 33.4 Å². The van der Waals surface area contributed by atoms with Crippen LogP contribution in [-0.2, 0) is 6.54 Å². The van der Waals surface area contributed by atoms with Gasteiger partial charge in [-0.05, 0) is 18.4 Å². The van der Waals surface area contributed by atoms with E-state index in [9.17, 15) is 0 Å². The Morgan fingerprint density at radius 2 is 2.47 bits per heavy atom. The summed E-state index contributed by atoms with van der Waals surface area (Å²) in [6, 6.07) is 0.575. The molecule has 0 aromatic carbocycles. The standard InChI is InChI=1S/C12H20N4S/c1-9(2)11-8-17-12(15-11)13-4-5-16-7-10(3)6-14-16/h6-7,9,11H,4-5,8H2,1-3H3,(H,13,15). The molecule has 1 saturated heterocycles. The number of hydrogen-bond donors (Lipinski definition) is 1. The van der Waals surface area contributed by atoms with Crippen LogP contribution in [0.5, 0.6) is 0 Å². The van der Waals surface area contributed by atoms with E-state index < -0.39 is 0 Å². The molecule has 0 saturated carbocycles. The maximum atomic E-state index is 4.57. The Labute approximate surface area is 107 Å². The SMILES string of the molecule is Cc1cnn(CCN=C2NC(C(C)C)CS2)c1. The Kier molecular flexibility index (Phi) is 4.10. The largest absolute Gasteiger partial charge is 0.361 e. The van der Waals surface area contributed by atoms with Gasteiger partial charge in [-0.1, -0.05) is 25.6 Å². The molecule has 5 heteroatoms. The van der Waals surface area contributed by atoms with Crippen LogP contribution in [0.3, 0.4) is 0 Å². The Bertz CT molecular complexity index is 397. The first kappa shape index (κ1) is 12.5. The van der Waals surface area contributed by atoms with Crippen molar-refractivity contribution in [2.24, 2.45) is 10.9 Å². The van der Waals surface area contributed by atoms with Crippen LogP contribution in [0.15, 0.2) is 17.4 Å². The first-order chi connectivity index (χ1) is 8.15. The van der Waals surface area contributed by atoms with Crippen molar-refractivity contribution in [2.75, 3.05) is 12.3 Å². The number of amidine groups is 1. The smallest absolute Gasteiger partial charge is 0.156 e. The van der Waals surface area contributed by atoms with Gasteiger partial charge in [-0.3, -0.25) is 9.67 Å². The van der Waals surface area contributed by atoms with Crippen molar-refractivity contribution in [3.8, 4) is 0 Å². The molecule has 2 rings (SSSR count). The highest BCUT2D eigenvalue weighted by molar-refractivity contribution is 8.14. The minimum Gasteiger partial charge on any atom is -0.361 e. The highest BCUT2D eigenvalue weighted by Crippen LogP contribution is 2.18. The van der Waals surface area contributed by atoms with Gasteiger partial charge in [0.2, 0.25) is 0 Å². The van der Waals surface area contributed by atoms with Crippen molar-refractivity contribution in [1.82, 2.24) is 15.1 Å². The van der Waals surface area contributed by atoms with Gasteiger partial charge in [-0.15, -0.1) is 0 Å². The Balaban J connectivity index is 1.78. The lowest BCUT2D eigenvalue weighted by Gasteiger charge is -2.13. The summed E-state index contributed by atoms with van der Waals surface area (Å²) in [6.07, 6.45) is 3.93. The predicted molar refractivity (Wildman–Crippen MR) is 73.5 cm³/mol. The summed E-state index contributed by atoms with van der Waals surface area (Å²) < 4.78 is 1.94. The van der Waals surface area contributed by atoms with Gasteiger partial charge in [-0.25, -0.2) is 0 Å². The zero-order valence-corrected chi connectivity index (χ0v) is 11.5. The molecular weight excluding hydrogens is 232 g/mol. The molecule has 0 radical (unpaired) electrons. The minimum atomic E-state index is 0.575. The van der Waals surface area contributed by atoms with Crippen LogP contribution in [0, 0.1) is 12.8 Å². The van der Waals surface area contributed by atoms with Crippen LogP contribution in [0.25, 0.3) is 0 Å². The summed E-state index contributed by atoms with van der Waals surface area (Å²) in [4.78, 5) is 4.57. The second kappa shape index (κ2) is 5.58. The van der Waals surface area contributed by atoms with E-state index in [2.05, 4.69) is 36.2 Å². The third-order valence-electron chi connectivity index (χ3n) is 2.86. The summed E-state index contributed by atoms with van der Waals surface area (Å²) in [6.45, 7) is 8.19. The molecule has 0 spiro atoms. The third-order valence-corrected chi connectivity index (χ3v) is 3.91. The van der Waals surface area contributed by atoms with Gasteiger partial charge >= 0.3 is 0 Å². The van der Waals surface area contributed by atoms with Gasteiger partial charge in [0, 0.05) is 18.0 Å². The quantitative estimate of drug-likeness (QED) is 0.890. The van der Waals surface area contributed by atoms with Crippen LogP contribution in [0.1, 0.15) is 19.4 Å². The maximum absolute atomic E-state index is 4.57. The molecule has 1 aromatic rings. The monoisotopic (exact) mass is 252 g/mol. The zero-order chi connectivity index (χ0) is 12.3. The van der Waals surface area contributed by atoms with Crippen molar-refractivity contribution in [3.05, 3.63) is 18.0 Å². The van der Waals surface area contributed by atoms with E-state index in [0.29, 0.717) is 12.0 Å². The highest BCUT2D eigenvalue weighted by atomic mass is 32.2. The average Bonchev–Trinajstić information content (AvgIpc) is 2.88. The summed E-state index contributed by atoms with van der Waals surface area (Å²) in [5.41, 5.74) is 1.20. The Morgan fingerprint density at radius 3 is 3.06 bits per heavy atom. The number of nitrogens with one attached hydrogen (secondary N) is 1. The molecule has 2 heterocycles. The second-order valence-corrected chi connectivity index (χ2v) is 5.78. The first-order valence-corrected chi connectivity index (χ1v) is 7.06. The summed E-state index contributed by atoms with van der Waals surface area (Å²) in [5, 5.41) is 8.80. The molecule has 1 aliphatic heterocycles. The minimum absolute atomic E-state index is 0.575. The molecule has 4 nitrogen and oxygen atoms in total. The van der Waals surface area contributed by atoms with E-state index in [4.69, 9.17) is 0 Å². The molecule has 0 aliphatic carbocycles. The average molecular weight is 252 g/mol. The van der Waals surface area contributed by atoms with E-state index in [1.165, 1.54) is 5.56 Å². The van der Waals surface area contributed by atoms with Gasteiger partial charge in [0.05, 0.1) is 19.3 Å². The lowest BCUT2D eigenvalue weighted by atomic mass is 10.1. The number of hydrogen-bond acceptors (Lipinski definition) is 3. The molecular formula is C12H20N4S. The number of thioether (sulfide) groups is 1. The highest BCUT2D eigenvalue weighted by Gasteiger charge is 2.22. The topological polar surface area (TPSA) is 42.2 Å². The van der Waals surface area contributed by atoms with Crippen LogP contribution < -0.4 is 5.32 Å². The molecule has 1 atom stereocenters. The van der Waals surface area contributed by atoms with Crippen LogP contribution in [0.4, 0.5) is 0 Å². The molecule has 1 unspecified atom stereocenters. The fourth-order valence-electron chi connectivity index (χ4n) is 1.70. The maximum Gasteiger partial charge on any atom is 0.156 e. The van der Waals surface area contributed by atoms with Gasteiger partial charge in [0.1, 0.15) is 0 Å². The van der Waals surface area contributed by atoms with E-state index in [0.717, 1.165) is 24.0 Å². The van der Waals surface area contributed by atoms with Crippen molar-refractivity contribution in [1.29, 1.82) is 0 Å². The number of aromatic nitrogens is 2. The van der Waals surface area contributed by atoms with Gasteiger partial charge < -0.3 is 5.32 Å². The third kappa shape index (κ3) is 3.49. The zero-order valence-electron chi connectivity index (χ0n) is 10.7. The summed E-state index contributed by atoms with van der Waals surface area (Å²) >= 11 is 1.83. The van der Waals surface area contributed by atoms with Crippen molar-refractivity contribution in [3.63, 3.8) is 0 Å². The molecule has 1 fully saturated rings. The molecule has 1 aromatic heterocycles. The first-order valence-electron chi connectivity index (χ1n) is 6.08. The molecule has 0 bridgehead atoms. The van der Waals surface area contributed by atoms with E-state index in [1.54, 1.807) is 0 Å².